The molecule has 0 fully saturated rings. The lowest BCUT2D eigenvalue weighted by molar-refractivity contribution is -0.141. The van der Waals surface area contributed by atoms with Crippen LogP contribution < -0.4 is 4.74 Å². The largest absolute Gasteiger partial charge is 0.485 e. The Morgan fingerprint density at radius 2 is 1.83 bits per heavy atom. The zero-order valence-electron chi connectivity index (χ0n) is 12.3. The smallest absolute Gasteiger partial charge is 0.433 e. The van der Waals surface area contributed by atoms with Crippen molar-refractivity contribution in [2.45, 2.75) is 25.8 Å². The minimum Gasteiger partial charge on any atom is -0.485 e. The van der Waals surface area contributed by atoms with E-state index in [1.165, 1.54) is 0 Å². The minimum absolute atomic E-state index is 0.0930. The summed E-state index contributed by atoms with van der Waals surface area (Å²) in [7, 11) is 0. The molecule has 0 spiro atoms. The van der Waals surface area contributed by atoms with Gasteiger partial charge in [0.25, 0.3) is 0 Å². The molecule has 3 nitrogen and oxygen atoms in total. The molecule has 2 rings (SSSR count). The average Bonchev–Trinajstić information content (AvgIpc) is 2.49. The van der Waals surface area contributed by atoms with Crippen LogP contribution in [0.2, 0.25) is 5.15 Å². The van der Waals surface area contributed by atoms with Gasteiger partial charge in [0.05, 0.1) is 13.2 Å². The summed E-state index contributed by atoms with van der Waals surface area (Å²) in [4.78, 5) is 3.30. The molecule has 7 heteroatoms. The molecule has 23 heavy (non-hydrogen) atoms. The Kier molecular flexibility index (Phi) is 5.85. The van der Waals surface area contributed by atoms with E-state index in [-0.39, 0.29) is 23.6 Å². The molecule has 0 radical (unpaired) electrons. The van der Waals surface area contributed by atoms with Crippen molar-refractivity contribution in [3.05, 3.63) is 58.9 Å². The van der Waals surface area contributed by atoms with Crippen molar-refractivity contribution in [3.63, 3.8) is 0 Å². The van der Waals surface area contributed by atoms with E-state index in [4.69, 9.17) is 21.1 Å². The predicted octanol–water partition coefficient (Wildman–Crippen LogP) is 4.74. The van der Waals surface area contributed by atoms with Crippen LogP contribution in [0, 0.1) is 0 Å². The van der Waals surface area contributed by atoms with Crippen LogP contribution >= 0.6 is 11.6 Å². The standard InChI is InChI=1S/C16H15ClF3NO2/c1-11(9-22-10-12-5-3-2-4-6-12)23-13-7-8-14(16(18,19)20)21-15(13)17/h2-8,11H,9-10H2,1H3. The zero-order valence-corrected chi connectivity index (χ0v) is 13.1. The van der Waals surface area contributed by atoms with Gasteiger partial charge in [-0.2, -0.15) is 13.2 Å². The number of aromatic nitrogens is 1. The second kappa shape index (κ2) is 7.66. The highest BCUT2D eigenvalue weighted by Gasteiger charge is 2.33. The van der Waals surface area contributed by atoms with Gasteiger partial charge in [0.1, 0.15) is 11.8 Å². The van der Waals surface area contributed by atoms with Crippen LogP contribution in [0.3, 0.4) is 0 Å². The summed E-state index contributed by atoms with van der Waals surface area (Å²) < 4.78 is 48.5. The number of alkyl halides is 3. The Labute approximate surface area is 137 Å². The third kappa shape index (κ3) is 5.41. The molecule has 2 aromatic rings. The van der Waals surface area contributed by atoms with Crippen molar-refractivity contribution in [1.82, 2.24) is 4.98 Å². The number of hydrogen-bond acceptors (Lipinski definition) is 3. The van der Waals surface area contributed by atoms with E-state index in [0.29, 0.717) is 6.61 Å². The number of ether oxygens (including phenoxy) is 2. The summed E-state index contributed by atoms with van der Waals surface area (Å²) in [5.74, 6) is 0.0930. The maximum atomic E-state index is 12.5. The van der Waals surface area contributed by atoms with E-state index in [1.807, 2.05) is 30.3 Å². The third-order valence-corrected chi connectivity index (χ3v) is 3.17. The number of halogens is 4. The highest BCUT2D eigenvalue weighted by Crippen LogP contribution is 2.32. The first-order chi connectivity index (χ1) is 10.9. The zero-order chi connectivity index (χ0) is 16.9. The topological polar surface area (TPSA) is 31.4 Å². The van der Waals surface area contributed by atoms with E-state index >= 15 is 0 Å². The molecule has 0 aliphatic carbocycles. The predicted molar refractivity (Wildman–Crippen MR) is 80.4 cm³/mol. The molecule has 124 valence electrons. The molecule has 1 aromatic carbocycles. The van der Waals surface area contributed by atoms with Gasteiger partial charge in [-0.1, -0.05) is 41.9 Å². The first-order valence-corrected chi connectivity index (χ1v) is 7.26. The lowest BCUT2D eigenvalue weighted by atomic mass is 10.2. The maximum Gasteiger partial charge on any atom is 0.433 e. The Morgan fingerprint density at radius 3 is 2.43 bits per heavy atom. The van der Waals surface area contributed by atoms with Gasteiger partial charge in [0.15, 0.2) is 10.9 Å². The molecule has 1 unspecified atom stereocenters. The number of benzene rings is 1. The van der Waals surface area contributed by atoms with Crippen molar-refractivity contribution < 1.29 is 22.6 Å². The van der Waals surface area contributed by atoms with E-state index in [0.717, 1.165) is 17.7 Å². The van der Waals surface area contributed by atoms with Crippen molar-refractivity contribution in [1.29, 1.82) is 0 Å². The molecule has 0 saturated heterocycles. The fourth-order valence-corrected chi connectivity index (χ4v) is 2.03. The van der Waals surface area contributed by atoms with Gasteiger partial charge in [-0.05, 0) is 24.6 Å². The van der Waals surface area contributed by atoms with Crippen LogP contribution in [0.1, 0.15) is 18.2 Å². The lowest BCUT2D eigenvalue weighted by Crippen LogP contribution is -2.19. The van der Waals surface area contributed by atoms with E-state index in [2.05, 4.69) is 4.98 Å². The van der Waals surface area contributed by atoms with Crippen molar-refractivity contribution in [2.24, 2.45) is 0 Å². The quantitative estimate of drug-likeness (QED) is 0.709. The molecule has 0 amide bonds. The summed E-state index contributed by atoms with van der Waals surface area (Å²) in [6, 6.07) is 11.6. The van der Waals surface area contributed by atoms with Crippen LogP contribution in [0.25, 0.3) is 0 Å². The molecule has 0 bridgehead atoms. The van der Waals surface area contributed by atoms with Crippen LogP contribution in [0.5, 0.6) is 5.75 Å². The fourth-order valence-electron chi connectivity index (χ4n) is 1.84. The van der Waals surface area contributed by atoms with Crippen molar-refractivity contribution in [2.75, 3.05) is 6.61 Å². The van der Waals surface area contributed by atoms with Gasteiger partial charge in [0, 0.05) is 0 Å². The highest BCUT2D eigenvalue weighted by molar-refractivity contribution is 6.30. The second-order valence-corrected chi connectivity index (χ2v) is 5.27. The fraction of sp³-hybridized carbons (Fsp3) is 0.312. The van der Waals surface area contributed by atoms with Crippen LogP contribution in [0.4, 0.5) is 13.2 Å². The number of pyridine rings is 1. The summed E-state index contributed by atoms with van der Waals surface area (Å²) >= 11 is 5.73. The Balaban J connectivity index is 1.86. The van der Waals surface area contributed by atoms with Crippen molar-refractivity contribution >= 4 is 11.6 Å². The SMILES string of the molecule is CC(COCc1ccccc1)Oc1ccc(C(F)(F)F)nc1Cl. The molecule has 1 heterocycles. The van der Waals surface area contributed by atoms with Crippen LogP contribution in [-0.4, -0.2) is 17.7 Å². The van der Waals surface area contributed by atoms with E-state index in [9.17, 15) is 13.2 Å². The highest BCUT2D eigenvalue weighted by atomic mass is 35.5. The Bertz CT molecular complexity index is 635. The van der Waals surface area contributed by atoms with E-state index in [1.54, 1.807) is 6.92 Å². The first-order valence-electron chi connectivity index (χ1n) is 6.88. The molecule has 0 N–H and O–H groups in total. The monoisotopic (exact) mass is 345 g/mol. The average molecular weight is 346 g/mol. The minimum atomic E-state index is -4.54. The van der Waals surface area contributed by atoms with Gasteiger partial charge in [0.2, 0.25) is 0 Å². The number of hydrogen-bond donors (Lipinski definition) is 0. The first kappa shape index (κ1) is 17.6. The van der Waals surface area contributed by atoms with Crippen molar-refractivity contribution in [3.8, 4) is 5.75 Å². The molecule has 1 aromatic heterocycles. The second-order valence-electron chi connectivity index (χ2n) is 4.91. The number of rotatable bonds is 6. The van der Waals surface area contributed by atoms with E-state index < -0.39 is 11.9 Å². The number of nitrogens with zero attached hydrogens (tertiary/aromatic N) is 1. The lowest BCUT2D eigenvalue weighted by Gasteiger charge is -2.16. The Morgan fingerprint density at radius 1 is 1.13 bits per heavy atom. The van der Waals surface area contributed by atoms with Gasteiger partial charge in [-0.25, -0.2) is 4.98 Å². The molecule has 1 atom stereocenters. The van der Waals surface area contributed by atoms with Gasteiger partial charge < -0.3 is 9.47 Å². The van der Waals surface area contributed by atoms with Gasteiger partial charge >= 0.3 is 6.18 Å². The summed E-state index contributed by atoms with van der Waals surface area (Å²) in [6.45, 7) is 2.43. The molecule has 0 aliphatic rings. The summed E-state index contributed by atoms with van der Waals surface area (Å²) in [5, 5.41) is -0.324. The van der Waals surface area contributed by atoms with Crippen LogP contribution in [0.15, 0.2) is 42.5 Å². The maximum absolute atomic E-state index is 12.5. The summed E-state index contributed by atoms with van der Waals surface area (Å²) in [6.07, 6.45) is -4.92. The summed E-state index contributed by atoms with van der Waals surface area (Å²) in [5.41, 5.74) is -0.0308. The molecular weight excluding hydrogens is 331 g/mol. The normalized spacial score (nSPS) is 12.9. The Hall–Kier alpha value is -1.79. The molecule has 0 aliphatic heterocycles. The molecule has 0 saturated carbocycles. The van der Waals surface area contributed by atoms with Gasteiger partial charge in [-0.15, -0.1) is 0 Å². The van der Waals surface area contributed by atoms with Gasteiger partial charge in [-0.3, -0.25) is 0 Å². The van der Waals surface area contributed by atoms with Crippen LogP contribution in [-0.2, 0) is 17.5 Å². The molecular formula is C16H15ClF3NO2. The third-order valence-electron chi connectivity index (χ3n) is 2.90.